The highest BCUT2D eigenvalue weighted by Crippen LogP contribution is 2.17. The molecule has 0 aromatic carbocycles. The number of rotatable bonds is 8. The monoisotopic (exact) mass is 339 g/mol. The second kappa shape index (κ2) is 7.52. The van der Waals surface area contributed by atoms with Gasteiger partial charge in [0.25, 0.3) is 0 Å². The van der Waals surface area contributed by atoms with Crippen LogP contribution in [-0.2, 0) is 24.5 Å². The van der Waals surface area contributed by atoms with Gasteiger partial charge in [0.15, 0.2) is 24.3 Å². The van der Waals surface area contributed by atoms with Gasteiger partial charge in [-0.15, -0.1) is 23.2 Å². The molecule has 0 radical (unpaired) electrons. The van der Waals surface area contributed by atoms with Crippen molar-refractivity contribution in [2.75, 3.05) is 30.3 Å². The van der Waals surface area contributed by atoms with Crippen molar-refractivity contribution >= 4 is 48.8 Å². The van der Waals surface area contributed by atoms with E-state index in [1.807, 2.05) is 0 Å². The first-order chi connectivity index (χ1) is 8.21. The Hall–Kier alpha value is -0.0500. The number of alkyl halides is 2. The standard InChI is InChI=1S/C8H15Cl2NO5S2/c1-11-7(12)6-8(17(13,14)4-2-9)18(15,16)5-3-10/h8H,2-6H2,1H3,(H,11,12). The van der Waals surface area contributed by atoms with E-state index >= 15 is 0 Å². The van der Waals surface area contributed by atoms with Crippen LogP contribution in [0.1, 0.15) is 6.42 Å². The number of sulfone groups is 2. The molecule has 0 bridgehead atoms. The van der Waals surface area contributed by atoms with Crippen molar-refractivity contribution in [1.82, 2.24) is 5.32 Å². The zero-order valence-corrected chi connectivity index (χ0v) is 12.9. The number of carbonyl (C=O) groups is 1. The molecule has 0 atom stereocenters. The molecule has 0 aliphatic carbocycles. The number of amides is 1. The number of hydrogen-bond acceptors (Lipinski definition) is 5. The van der Waals surface area contributed by atoms with Crippen molar-refractivity contribution in [1.29, 1.82) is 0 Å². The summed E-state index contributed by atoms with van der Waals surface area (Å²) in [5.41, 5.74) is 0. The Morgan fingerprint density at radius 3 is 1.72 bits per heavy atom. The molecule has 0 aromatic heterocycles. The molecule has 0 spiro atoms. The van der Waals surface area contributed by atoms with Crippen LogP contribution >= 0.6 is 23.2 Å². The van der Waals surface area contributed by atoms with E-state index in [-0.39, 0.29) is 11.8 Å². The summed E-state index contributed by atoms with van der Waals surface area (Å²) < 4.78 is 45.5. The van der Waals surface area contributed by atoms with Crippen molar-refractivity contribution in [2.45, 2.75) is 11.0 Å². The second-order valence-corrected chi connectivity index (χ2v) is 9.08. The van der Waals surface area contributed by atoms with Crippen molar-refractivity contribution in [3.05, 3.63) is 0 Å². The Morgan fingerprint density at radius 2 is 1.44 bits per heavy atom. The van der Waals surface area contributed by atoms with Gasteiger partial charge in [-0.25, -0.2) is 16.8 Å². The molecular formula is C8H15Cl2NO5S2. The zero-order chi connectivity index (χ0) is 14.4. The van der Waals surface area contributed by atoms with Gasteiger partial charge in [-0.3, -0.25) is 4.79 Å². The third-order valence-electron chi connectivity index (χ3n) is 2.16. The Morgan fingerprint density at radius 1 is 1.06 bits per heavy atom. The highest BCUT2D eigenvalue weighted by atomic mass is 35.5. The summed E-state index contributed by atoms with van der Waals surface area (Å²) in [4.78, 5) is 11.2. The van der Waals surface area contributed by atoms with Gasteiger partial charge in [0.05, 0.1) is 17.9 Å². The van der Waals surface area contributed by atoms with E-state index in [1.165, 1.54) is 7.05 Å². The molecule has 0 aliphatic rings. The molecule has 0 aromatic rings. The van der Waals surface area contributed by atoms with E-state index < -0.39 is 48.1 Å². The quantitative estimate of drug-likeness (QED) is 0.615. The summed E-state index contributed by atoms with van der Waals surface area (Å²) in [6.07, 6.45) is -0.644. The smallest absolute Gasteiger partial charge is 0.222 e. The van der Waals surface area contributed by atoms with Gasteiger partial charge >= 0.3 is 0 Å². The van der Waals surface area contributed by atoms with E-state index in [9.17, 15) is 21.6 Å². The molecule has 0 saturated carbocycles. The SMILES string of the molecule is CNC(=O)CC(S(=O)(=O)CCCl)S(=O)(=O)CCCl. The fraction of sp³-hybridized carbons (Fsp3) is 0.875. The lowest BCUT2D eigenvalue weighted by Crippen LogP contribution is -2.38. The molecule has 18 heavy (non-hydrogen) atoms. The van der Waals surface area contributed by atoms with Gasteiger partial charge in [0, 0.05) is 18.8 Å². The molecule has 0 fully saturated rings. The number of halogens is 2. The van der Waals surface area contributed by atoms with E-state index in [0.29, 0.717) is 0 Å². The van der Waals surface area contributed by atoms with Crippen molar-refractivity contribution in [3.63, 3.8) is 0 Å². The average Bonchev–Trinajstić information content (AvgIpc) is 2.24. The summed E-state index contributed by atoms with van der Waals surface area (Å²) >= 11 is 10.7. The normalized spacial score (nSPS) is 12.7. The maximum atomic E-state index is 11.8. The minimum atomic E-state index is -4.00. The van der Waals surface area contributed by atoms with Crippen LogP contribution in [0.25, 0.3) is 0 Å². The van der Waals surface area contributed by atoms with E-state index in [0.717, 1.165) is 0 Å². The fourth-order valence-corrected chi connectivity index (χ4v) is 6.63. The Labute approximate surface area is 117 Å². The molecule has 0 aliphatic heterocycles. The molecule has 10 heteroatoms. The minimum absolute atomic E-state index is 0.233. The van der Waals surface area contributed by atoms with Crippen LogP contribution in [0, 0.1) is 0 Å². The molecule has 6 nitrogen and oxygen atoms in total. The van der Waals surface area contributed by atoms with E-state index in [4.69, 9.17) is 23.2 Å². The van der Waals surface area contributed by atoms with Gasteiger partial charge in [-0.05, 0) is 0 Å². The first kappa shape index (κ1) is 17.9. The van der Waals surface area contributed by atoms with Crippen molar-refractivity contribution in [2.24, 2.45) is 0 Å². The van der Waals surface area contributed by atoms with Crippen LogP contribution in [0.5, 0.6) is 0 Å². The van der Waals surface area contributed by atoms with Gasteiger partial charge in [-0.1, -0.05) is 0 Å². The van der Waals surface area contributed by atoms with Gasteiger partial charge in [0.2, 0.25) is 5.91 Å². The first-order valence-electron chi connectivity index (χ1n) is 4.97. The summed E-state index contributed by atoms with van der Waals surface area (Å²) in [6, 6.07) is 0. The summed E-state index contributed by atoms with van der Waals surface area (Å²) in [6.45, 7) is 0. The van der Waals surface area contributed by atoms with Crippen LogP contribution in [0.4, 0.5) is 0 Å². The largest absolute Gasteiger partial charge is 0.359 e. The molecule has 0 heterocycles. The lowest BCUT2D eigenvalue weighted by Gasteiger charge is -2.16. The van der Waals surface area contributed by atoms with Gasteiger partial charge < -0.3 is 5.32 Å². The molecule has 108 valence electrons. The number of carbonyl (C=O) groups excluding carboxylic acids is 1. The summed E-state index contributed by atoms with van der Waals surface area (Å²) in [5.74, 6) is -2.14. The summed E-state index contributed by atoms with van der Waals surface area (Å²) in [7, 11) is -6.70. The molecular weight excluding hydrogens is 325 g/mol. The van der Waals surface area contributed by atoms with E-state index in [2.05, 4.69) is 5.32 Å². The molecule has 1 amide bonds. The predicted molar refractivity (Wildman–Crippen MR) is 71.5 cm³/mol. The lowest BCUT2D eigenvalue weighted by molar-refractivity contribution is -0.120. The van der Waals surface area contributed by atoms with Crippen LogP contribution in [-0.4, -0.2) is 57.6 Å². The maximum Gasteiger partial charge on any atom is 0.222 e. The van der Waals surface area contributed by atoms with E-state index in [1.54, 1.807) is 0 Å². The molecule has 0 rings (SSSR count). The maximum absolute atomic E-state index is 11.8. The zero-order valence-electron chi connectivity index (χ0n) is 9.73. The molecule has 0 unspecified atom stereocenters. The Kier molecular flexibility index (Phi) is 7.50. The lowest BCUT2D eigenvalue weighted by atomic mass is 10.4. The fourth-order valence-electron chi connectivity index (χ4n) is 1.21. The second-order valence-electron chi connectivity index (χ2n) is 3.42. The average molecular weight is 340 g/mol. The Balaban J connectivity index is 5.38. The van der Waals surface area contributed by atoms with Crippen molar-refractivity contribution < 1.29 is 21.6 Å². The summed E-state index contributed by atoms with van der Waals surface area (Å²) in [5, 5.41) is 2.19. The van der Waals surface area contributed by atoms with Crippen LogP contribution in [0.15, 0.2) is 0 Å². The van der Waals surface area contributed by atoms with Crippen LogP contribution < -0.4 is 5.32 Å². The third kappa shape index (κ3) is 5.29. The number of hydrogen-bond donors (Lipinski definition) is 1. The first-order valence-corrected chi connectivity index (χ1v) is 9.47. The Bertz CT molecular complexity index is 438. The molecule has 1 N–H and O–H groups in total. The van der Waals surface area contributed by atoms with Crippen molar-refractivity contribution in [3.8, 4) is 0 Å². The van der Waals surface area contributed by atoms with Crippen LogP contribution in [0.2, 0.25) is 0 Å². The minimum Gasteiger partial charge on any atom is -0.359 e. The third-order valence-corrected chi connectivity index (χ3v) is 8.22. The highest BCUT2D eigenvalue weighted by Gasteiger charge is 2.38. The predicted octanol–water partition coefficient (Wildman–Crippen LogP) is -0.244. The highest BCUT2D eigenvalue weighted by molar-refractivity contribution is 8.09. The van der Waals surface area contributed by atoms with Gasteiger partial charge in [0.1, 0.15) is 0 Å². The topological polar surface area (TPSA) is 97.4 Å². The molecule has 0 saturated heterocycles. The van der Waals surface area contributed by atoms with Gasteiger partial charge in [-0.2, -0.15) is 0 Å². The number of nitrogens with one attached hydrogen (secondary N) is 1. The van der Waals surface area contributed by atoms with Crippen LogP contribution in [0.3, 0.4) is 0 Å².